The Morgan fingerprint density at radius 1 is 0.474 bits per heavy atom. The first-order valence-corrected chi connectivity index (χ1v) is 20.8. The molecule has 13 rings (SSSR count). The van der Waals surface area contributed by atoms with Crippen LogP contribution in [0.1, 0.15) is 73.8 Å². The van der Waals surface area contributed by atoms with Crippen LogP contribution in [0.2, 0.25) is 0 Å². The molecule has 7 aromatic rings. The van der Waals surface area contributed by atoms with Crippen LogP contribution in [0.4, 0.5) is 0 Å². The van der Waals surface area contributed by atoms with Crippen LogP contribution in [0.3, 0.4) is 0 Å². The van der Waals surface area contributed by atoms with Crippen molar-refractivity contribution < 1.29 is 0 Å². The number of benzene rings is 6. The van der Waals surface area contributed by atoms with Crippen molar-refractivity contribution in [1.82, 2.24) is 15.0 Å². The first kappa shape index (κ1) is 33.0. The fourth-order valence-electron chi connectivity index (χ4n) is 12.5. The third-order valence-corrected chi connectivity index (χ3v) is 14.8. The minimum atomic E-state index is -0.231. The van der Waals surface area contributed by atoms with E-state index in [4.69, 9.17) is 15.0 Å². The van der Waals surface area contributed by atoms with Gasteiger partial charge in [-0.05, 0) is 130 Å². The molecule has 6 aliphatic rings. The highest BCUT2D eigenvalue weighted by Crippen LogP contribution is 2.70. The lowest BCUT2D eigenvalue weighted by atomic mass is 9.43. The molecule has 0 aliphatic heterocycles. The van der Waals surface area contributed by atoms with E-state index in [-0.39, 0.29) is 10.8 Å². The van der Waals surface area contributed by atoms with Gasteiger partial charge in [0.15, 0.2) is 17.5 Å². The van der Waals surface area contributed by atoms with Gasteiger partial charge in [-0.1, -0.05) is 123 Å². The maximum absolute atomic E-state index is 10.4. The minimum Gasteiger partial charge on any atom is -0.208 e. The van der Waals surface area contributed by atoms with E-state index in [0.717, 1.165) is 34.1 Å². The summed E-state index contributed by atoms with van der Waals surface area (Å²) in [5.41, 5.74) is 16.7. The number of rotatable bonds is 4. The van der Waals surface area contributed by atoms with Gasteiger partial charge in [0.1, 0.15) is 0 Å². The van der Waals surface area contributed by atoms with E-state index in [1.807, 2.05) is 42.5 Å². The minimum absolute atomic E-state index is 0.0133. The van der Waals surface area contributed by atoms with E-state index >= 15 is 0 Å². The van der Waals surface area contributed by atoms with Crippen LogP contribution in [0.5, 0.6) is 0 Å². The Kier molecular flexibility index (Phi) is 6.90. The molecule has 1 aromatic heterocycles. The second kappa shape index (κ2) is 11.9. The number of hydrogen-bond donors (Lipinski definition) is 0. The van der Waals surface area contributed by atoms with E-state index in [1.165, 1.54) is 87.7 Å². The van der Waals surface area contributed by atoms with E-state index in [1.54, 1.807) is 0 Å². The fourth-order valence-corrected chi connectivity index (χ4v) is 12.5. The van der Waals surface area contributed by atoms with Gasteiger partial charge < -0.3 is 0 Å². The molecule has 4 fully saturated rings. The predicted molar refractivity (Wildman–Crippen MR) is 227 cm³/mol. The summed E-state index contributed by atoms with van der Waals surface area (Å²) in [6, 6.07) is 50.6. The average Bonchev–Trinajstić information content (AvgIpc) is 3.67. The van der Waals surface area contributed by atoms with Crippen LogP contribution in [0.25, 0.3) is 67.5 Å². The Morgan fingerprint density at radius 3 is 1.53 bits per heavy atom. The van der Waals surface area contributed by atoms with Crippen molar-refractivity contribution in [1.29, 1.82) is 5.26 Å². The van der Waals surface area contributed by atoms with Crippen molar-refractivity contribution in [2.45, 2.75) is 56.8 Å². The molecular weight excluding hydrogens is 693 g/mol. The summed E-state index contributed by atoms with van der Waals surface area (Å²) in [6.07, 6.45) is 6.73. The average molecular weight is 735 g/mol. The number of fused-ring (bicyclic) bond motifs is 6. The molecule has 57 heavy (non-hydrogen) atoms. The fraction of sp³-hybridized carbons (Fsp3) is 0.245. The van der Waals surface area contributed by atoms with E-state index in [0.29, 0.717) is 29.3 Å². The predicted octanol–water partition coefficient (Wildman–Crippen LogP) is 12.4. The molecule has 0 saturated heterocycles. The van der Waals surface area contributed by atoms with Crippen LogP contribution in [0, 0.1) is 35.0 Å². The Balaban J connectivity index is 0.953. The molecule has 1 heterocycles. The monoisotopic (exact) mass is 734 g/mol. The highest BCUT2D eigenvalue weighted by molar-refractivity contribution is 5.90. The molecule has 1 spiro atoms. The second-order valence-electron chi connectivity index (χ2n) is 18.0. The molecule has 0 atom stereocenters. The molecule has 6 aromatic carbocycles. The molecule has 0 N–H and O–H groups in total. The smallest absolute Gasteiger partial charge is 0.164 e. The van der Waals surface area contributed by atoms with Crippen molar-refractivity contribution in [3.05, 3.63) is 161 Å². The van der Waals surface area contributed by atoms with Crippen LogP contribution in [-0.2, 0) is 10.8 Å². The molecule has 4 nitrogen and oxygen atoms in total. The van der Waals surface area contributed by atoms with Gasteiger partial charge in [0, 0.05) is 33.1 Å². The molecule has 4 saturated carbocycles. The van der Waals surface area contributed by atoms with Gasteiger partial charge in [-0.3, -0.25) is 0 Å². The number of hydrogen-bond acceptors (Lipinski definition) is 4. The highest BCUT2D eigenvalue weighted by atomic mass is 15.0. The third-order valence-electron chi connectivity index (χ3n) is 14.8. The summed E-state index contributed by atoms with van der Waals surface area (Å²) < 4.78 is 0. The molecule has 4 bridgehead atoms. The summed E-state index contributed by atoms with van der Waals surface area (Å²) in [4.78, 5) is 15.0. The van der Waals surface area contributed by atoms with Crippen LogP contribution in [-0.4, -0.2) is 15.0 Å². The Hall–Kier alpha value is -6.18. The first-order valence-electron chi connectivity index (χ1n) is 20.8. The third kappa shape index (κ3) is 4.63. The van der Waals surface area contributed by atoms with Gasteiger partial charge in [0.25, 0.3) is 0 Å². The maximum Gasteiger partial charge on any atom is 0.164 e. The SMILES string of the molecule is CC1(C)c2cc(-c3ccc4c(c3)C3(c5cccc(C#N)c5-4)C4CC5CC(C4)CC3C5)ccc2-c2ccc(-c3nc(-c4ccccc4)nc(-c4ccccc4)n3)cc21. The lowest BCUT2D eigenvalue weighted by molar-refractivity contribution is -0.0399. The molecule has 4 heteroatoms. The van der Waals surface area contributed by atoms with Crippen molar-refractivity contribution in [3.8, 4) is 73.6 Å². The quantitative estimate of drug-likeness (QED) is 0.181. The Bertz CT molecular complexity index is 2760. The zero-order chi connectivity index (χ0) is 38.0. The van der Waals surface area contributed by atoms with Gasteiger partial charge in [0.05, 0.1) is 11.6 Å². The number of nitrogens with zero attached hydrogens (tertiary/aromatic N) is 4. The van der Waals surface area contributed by atoms with Gasteiger partial charge in [-0.15, -0.1) is 0 Å². The van der Waals surface area contributed by atoms with Crippen molar-refractivity contribution in [2.24, 2.45) is 23.7 Å². The molecule has 0 amide bonds. The molecule has 0 radical (unpaired) electrons. The zero-order valence-corrected chi connectivity index (χ0v) is 32.3. The normalized spacial score (nSPS) is 23.8. The van der Waals surface area contributed by atoms with Gasteiger partial charge in [-0.2, -0.15) is 5.26 Å². The largest absolute Gasteiger partial charge is 0.208 e. The highest BCUT2D eigenvalue weighted by Gasteiger charge is 2.61. The van der Waals surface area contributed by atoms with Crippen molar-refractivity contribution in [3.63, 3.8) is 0 Å². The van der Waals surface area contributed by atoms with Crippen molar-refractivity contribution in [2.75, 3.05) is 0 Å². The van der Waals surface area contributed by atoms with E-state index in [2.05, 4.69) is 111 Å². The van der Waals surface area contributed by atoms with E-state index < -0.39 is 0 Å². The van der Waals surface area contributed by atoms with Gasteiger partial charge >= 0.3 is 0 Å². The second-order valence-corrected chi connectivity index (χ2v) is 18.0. The topological polar surface area (TPSA) is 62.5 Å². The Labute approximate surface area is 334 Å². The summed E-state index contributed by atoms with van der Waals surface area (Å²) in [7, 11) is 0. The zero-order valence-electron chi connectivity index (χ0n) is 32.3. The van der Waals surface area contributed by atoms with Crippen LogP contribution in [0.15, 0.2) is 133 Å². The summed E-state index contributed by atoms with van der Waals surface area (Å²) in [6.45, 7) is 4.71. The molecule has 0 unspecified atom stereocenters. The van der Waals surface area contributed by atoms with Crippen LogP contribution < -0.4 is 0 Å². The lowest BCUT2D eigenvalue weighted by Crippen LogP contribution is -2.55. The lowest BCUT2D eigenvalue weighted by Gasteiger charge is -2.61. The Morgan fingerprint density at radius 2 is 0.965 bits per heavy atom. The summed E-state index contributed by atoms with van der Waals surface area (Å²) in [5, 5.41) is 10.4. The van der Waals surface area contributed by atoms with Gasteiger partial charge in [-0.25, -0.2) is 15.0 Å². The summed E-state index contributed by atoms with van der Waals surface area (Å²) >= 11 is 0. The molecule has 274 valence electrons. The van der Waals surface area contributed by atoms with Gasteiger partial charge in [0.2, 0.25) is 0 Å². The van der Waals surface area contributed by atoms with E-state index in [9.17, 15) is 5.26 Å². The standard InChI is InChI=1S/C53H42N4/c1-52(2)45-27-35(36-17-21-43-47(28-36)53(44-15-9-14-38(30-54)48(43)44)39-23-31-22-32(25-39)26-40(53)24-31)16-19-41(45)42-20-18-37(29-46(42)52)51-56-49(33-10-5-3-6-11-33)55-50(57-51)34-12-7-4-8-13-34/h3-21,27-29,31-32,39-40H,22-26H2,1-2H3. The number of aromatic nitrogens is 3. The van der Waals surface area contributed by atoms with Crippen LogP contribution >= 0.6 is 0 Å². The molecular formula is C53H42N4. The first-order chi connectivity index (χ1) is 27.9. The summed E-state index contributed by atoms with van der Waals surface area (Å²) in [5.74, 6) is 5.06. The maximum atomic E-state index is 10.4. The number of nitriles is 1. The molecule has 6 aliphatic carbocycles. The van der Waals surface area contributed by atoms with Crippen molar-refractivity contribution >= 4 is 0 Å².